The third-order valence-corrected chi connectivity index (χ3v) is 3.13. The Bertz CT molecular complexity index is 814. The molecule has 0 unspecified atom stereocenters. The van der Waals surface area contributed by atoms with Crippen LogP contribution in [-0.4, -0.2) is 20.6 Å². The molecule has 0 radical (unpaired) electrons. The topological polar surface area (TPSA) is 71.2 Å². The van der Waals surface area contributed by atoms with Gasteiger partial charge in [0.1, 0.15) is 5.69 Å². The van der Waals surface area contributed by atoms with Crippen LogP contribution in [0.1, 0.15) is 10.6 Å². The number of carboxylic acid groups (broad SMARTS) is 1. The molecule has 100 valence electrons. The third-order valence-electron chi connectivity index (χ3n) is 2.84. The first-order valence-corrected chi connectivity index (χ1v) is 6.26. The van der Waals surface area contributed by atoms with E-state index in [0.717, 1.165) is 5.69 Å². The molecule has 0 fully saturated rings. The Morgan fingerprint density at radius 3 is 2.60 bits per heavy atom. The summed E-state index contributed by atoms with van der Waals surface area (Å²) in [4.78, 5) is 13.8. The van der Waals surface area contributed by atoms with Gasteiger partial charge < -0.3 is 14.5 Å². The predicted octanol–water partition coefficient (Wildman–Crippen LogP) is 3.49. The lowest BCUT2D eigenvalue weighted by Gasteiger charge is -1.99. The molecule has 2 aromatic heterocycles. The molecule has 6 heteroatoms. The minimum absolute atomic E-state index is 0.105. The van der Waals surface area contributed by atoms with Crippen LogP contribution in [0.25, 0.3) is 17.1 Å². The lowest BCUT2D eigenvalue weighted by atomic mass is 10.3. The highest BCUT2D eigenvalue weighted by atomic mass is 32.1. The van der Waals surface area contributed by atoms with Crippen molar-refractivity contribution in [3.8, 4) is 17.1 Å². The van der Waals surface area contributed by atoms with Gasteiger partial charge in [0.15, 0.2) is 10.5 Å². The van der Waals surface area contributed by atoms with Crippen molar-refractivity contribution in [3.63, 3.8) is 0 Å². The zero-order chi connectivity index (χ0) is 14.1. The summed E-state index contributed by atoms with van der Waals surface area (Å²) in [7, 11) is 0. The van der Waals surface area contributed by atoms with Crippen molar-refractivity contribution >= 4 is 18.2 Å². The molecule has 20 heavy (non-hydrogen) atoms. The number of rotatable bonds is 3. The molecule has 0 aliphatic carbocycles. The van der Waals surface area contributed by atoms with Gasteiger partial charge >= 0.3 is 5.97 Å². The largest absolute Gasteiger partial charge is 0.475 e. The van der Waals surface area contributed by atoms with Crippen LogP contribution in [0.2, 0.25) is 0 Å². The van der Waals surface area contributed by atoms with E-state index >= 15 is 0 Å². The fourth-order valence-corrected chi connectivity index (χ4v) is 2.17. The van der Waals surface area contributed by atoms with E-state index in [-0.39, 0.29) is 5.76 Å². The maximum Gasteiger partial charge on any atom is 0.371 e. The van der Waals surface area contributed by atoms with Gasteiger partial charge in [0, 0.05) is 11.9 Å². The maximum absolute atomic E-state index is 10.8. The maximum atomic E-state index is 10.8. The highest BCUT2D eigenvalue weighted by Crippen LogP contribution is 2.22. The lowest BCUT2D eigenvalue weighted by molar-refractivity contribution is 0.0663. The van der Waals surface area contributed by atoms with Crippen LogP contribution in [0.5, 0.6) is 0 Å². The summed E-state index contributed by atoms with van der Waals surface area (Å²) in [6, 6.07) is 12.6. The Kier molecular flexibility index (Phi) is 3.00. The number of imidazole rings is 1. The highest BCUT2D eigenvalue weighted by molar-refractivity contribution is 7.71. The van der Waals surface area contributed by atoms with Crippen LogP contribution in [0, 0.1) is 4.77 Å². The molecule has 1 aromatic carbocycles. The zero-order valence-corrected chi connectivity index (χ0v) is 11.1. The van der Waals surface area contributed by atoms with Gasteiger partial charge in [-0.25, -0.2) is 4.79 Å². The first kappa shape index (κ1) is 12.4. The molecule has 0 aliphatic rings. The number of H-pyrrole nitrogens is 1. The molecule has 5 nitrogen and oxygen atoms in total. The van der Waals surface area contributed by atoms with Crippen molar-refractivity contribution in [1.82, 2.24) is 9.55 Å². The Morgan fingerprint density at radius 1 is 1.20 bits per heavy atom. The quantitative estimate of drug-likeness (QED) is 0.723. The van der Waals surface area contributed by atoms with E-state index in [2.05, 4.69) is 4.98 Å². The van der Waals surface area contributed by atoms with Gasteiger partial charge in [-0.05, 0) is 36.5 Å². The van der Waals surface area contributed by atoms with Crippen LogP contribution >= 0.6 is 12.2 Å². The van der Waals surface area contributed by atoms with Gasteiger partial charge in [0.05, 0.1) is 0 Å². The van der Waals surface area contributed by atoms with E-state index < -0.39 is 5.97 Å². The second-order valence-corrected chi connectivity index (χ2v) is 4.53. The van der Waals surface area contributed by atoms with E-state index in [9.17, 15) is 4.79 Å². The number of carboxylic acids is 1. The van der Waals surface area contributed by atoms with Crippen molar-refractivity contribution < 1.29 is 14.3 Å². The second-order valence-electron chi connectivity index (χ2n) is 4.15. The summed E-state index contributed by atoms with van der Waals surface area (Å²) >= 11 is 5.26. The van der Waals surface area contributed by atoms with Crippen molar-refractivity contribution in [3.05, 3.63) is 59.2 Å². The van der Waals surface area contributed by atoms with E-state index in [1.807, 2.05) is 30.3 Å². The molecule has 3 aromatic rings. The Labute approximate surface area is 119 Å². The summed E-state index contributed by atoms with van der Waals surface area (Å²) < 4.78 is 7.56. The summed E-state index contributed by atoms with van der Waals surface area (Å²) in [6.45, 7) is 0. The number of hydrogen-bond acceptors (Lipinski definition) is 3. The minimum atomic E-state index is -1.10. The number of aromatic nitrogens is 2. The lowest BCUT2D eigenvalue weighted by Crippen LogP contribution is -1.91. The van der Waals surface area contributed by atoms with Crippen LogP contribution < -0.4 is 0 Å². The number of para-hydroxylation sites is 1. The Hall–Kier alpha value is -2.60. The number of aromatic amines is 1. The Balaban J connectivity index is 2.04. The van der Waals surface area contributed by atoms with Gasteiger partial charge in [-0.2, -0.15) is 0 Å². The summed E-state index contributed by atoms with van der Waals surface area (Å²) in [6.07, 6.45) is 1.78. The van der Waals surface area contributed by atoms with Crippen molar-refractivity contribution in [2.45, 2.75) is 0 Å². The van der Waals surface area contributed by atoms with Crippen molar-refractivity contribution in [2.24, 2.45) is 0 Å². The molecule has 0 amide bonds. The van der Waals surface area contributed by atoms with Gasteiger partial charge in [-0.15, -0.1) is 0 Å². The number of furan rings is 1. The van der Waals surface area contributed by atoms with E-state index in [1.165, 1.54) is 6.07 Å². The molecule has 0 atom stereocenters. The fourth-order valence-electron chi connectivity index (χ4n) is 1.90. The molecule has 0 saturated carbocycles. The normalized spacial score (nSPS) is 10.6. The standard InChI is InChI=1S/C14H10N2O3S/c17-13(18)12-7-6-11(19-12)10-8-16(14(20)15-10)9-4-2-1-3-5-9/h1-8H,(H,15,20)(H,17,18). The number of nitrogens with one attached hydrogen (secondary N) is 1. The minimum Gasteiger partial charge on any atom is -0.475 e. The van der Waals surface area contributed by atoms with E-state index in [1.54, 1.807) is 16.8 Å². The van der Waals surface area contributed by atoms with E-state index in [4.69, 9.17) is 21.7 Å². The molecule has 0 saturated heterocycles. The molecule has 0 spiro atoms. The average Bonchev–Trinajstić information content (AvgIpc) is 3.06. The number of benzene rings is 1. The fraction of sp³-hybridized carbons (Fsp3) is 0. The highest BCUT2D eigenvalue weighted by Gasteiger charge is 2.12. The number of carbonyl (C=O) groups is 1. The van der Waals surface area contributed by atoms with Gasteiger partial charge in [0.2, 0.25) is 5.76 Å². The summed E-state index contributed by atoms with van der Waals surface area (Å²) in [5, 5.41) is 8.85. The number of hydrogen-bond donors (Lipinski definition) is 2. The summed E-state index contributed by atoms with van der Waals surface area (Å²) in [5.41, 5.74) is 1.55. The SMILES string of the molecule is O=C(O)c1ccc(-c2cn(-c3ccccc3)c(=S)[nH]2)o1. The first-order chi connectivity index (χ1) is 9.65. The molecule has 3 rings (SSSR count). The molecule has 0 bridgehead atoms. The van der Waals surface area contributed by atoms with Crippen LogP contribution in [-0.2, 0) is 0 Å². The van der Waals surface area contributed by atoms with Crippen LogP contribution in [0.15, 0.2) is 53.1 Å². The van der Waals surface area contributed by atoms with Crippen molar-refractivity contribution in [1.29, 1.82) is 0 Å². The first-order valence-electron chi connectivity index (χ1n) is 5.86. The van der Waals surface area contributed by atoms with E-state index in [0.29, 0.717) is 16.2 Å². The van der Waals surface area contributed by atoms with Crippen LogP contribution in [0.3, 0.4) is 0 Å². The molecule has 0 aliphatic heterocycles. The number of nitrogens with zero attached hydrogens (tertiary/aromatic N) is 1. The zero-order valence-electron chi connectivity index (χ0n) is 10.2. The molecular formula is C14H10N2O3S. The average molecular weight is 286 g/mol. The summed E-state index contributed by atoms with van der Waals surface area (Å²) in [5.74, 6) is -0.771. The van der Waals surface area contributed by atoms with Gasteiger partial charge in [-0.3, -0.25) is 4.57 Å². The second kappa shape index (κ2) is 4.82. The smallest absolute Gasteiger partial charge is 0.371 e. The predicted molar refractivity (Wildman–Crippen MR) is 75.6 cm³/mol. The van der Waals surface area contributed by atoms with Gasteiger partial charge in [-0.1, -0.05) is 18.2 Å². The van der Waals surface area contributed by atoms with Gasteiger partial charge in [0.25, 0.3) is 0 Å². The van der Waals surface area contributed by atoms with Crippen molar-refractivity contribution in [2.75, 3.05) is 0 Å². The third kappa shape index (κ3) is 2.17. The van der Waals surface area contributed by atoms with Crippen LogP contribution in [0.4, 0.5) is 0 Å². The number of aromatic carboxylic acids is 1. The molecular weight excluding hydrogens is 276 g/mol. The Morgan fingerprint density at radius 2 is 1.95 bits per heavy atom. The monoisotopic (exact) mass is 286 g/mol. The molecule has 2 N–H and O–H groups in total. The molecule has 2 heterocycles.